The van der Waals surface area contributed by atoms with Crippen LogP contribution in [-0.4, -0.2) is 25.4 Å². The van der Waals surface area contributed by atoms with Crippen LogP contribution in [0.15, 0.2) is 54.9 Å². The summed E-state index contributed by atoms with van der Waals surface area (Å²) in [5.74, 6) is 0.674. The van der Waals surface area contributed by atoms with E-state index in [9.17, 15) is 4.79 Å². The Morgan fingerprint density at radius 3 is 2.60 bits per heavy atom. The lowest BCUT2D eigenvalue weighted by atomic mass is 10.2. The zero-order chi connectivity index (χ0) is 17.4. The molecule has 0 radical (unpaired) electrons. The number of aromatic nitrogens is 4. The van der Waals surface area contributed by atoms with E-state index in [1.807, 2.05) is 66.9 Å². The second-order valence-electron chi connectivity index (χ2n) is 6.19. The molecule has 2 aromatic carbocycles. The van der Waals surface area contributed by atoms with E-state index in [1.54, 1.807) is 6.33 Å². The van der Waals surface area contributed by atoms with Crippen LogP contribution in [0.4, 0.5) is 0 Å². The predicted octanol–water partition coefficient (Wildman–Crippen LogP) is 3.35. The summed E-state index contributed by atoms with van der Waals surface area (Å²) in [6, 6.07) is 15.0. The Hall–Kier alpha value is -3.15. The summed E-state index contributed by atoms with van der Waals surface area (Å²) in [5, 5.41) is 3.03. The Morgan fingerprint density at radius 2 is 1.80 bits per heavy atom. The minimum Gasteiger partial charge on any atom is -0.345 e. The van der Waals surface area contributed by atoms with Crippen LogP contribution in [0.25, 0.3) is 22.1 Å². The molecule has 0 aliphatic heterocycles. The molecule has 6 heteroatoms. The normalized spacial score (nSPS) is 13.8. The number of rotatable bonds is 4. The van der Waals surface area contributed by atoms with Crippen LogP contribution < -0.4 is 5.32 Å². The SMILES string of the molecule is CC(NC(=O)C(C)n1cnc2ccccc21)c1nc2ccccc2[nH]1. The van der Waals surface area contributed by atoms with E-state index >= 15 is 0 Å². The maximum absolute atomic E-state index is 12.7. The van der Waals surface area contributed by atoms with Gasteiger partial charge in [0.25, 0.3) is 0 Å². The smallest absolute Gasteiger partial charge is 0.243 e. The van der Waals surface area contributed by atoms with Crippen molar-refractivity contribution in [2.75, 3.05) is 0 Å². The molecule has 2 heterocycles. The molecule has 0 spiro atoms. The number of nitrogens with one attached hydrogen (secondary N) is 2. The van der Waals surface area contributed by atoms with Gasteiger partial charge in [-0.25, -0.2) is 9.97 Å². The van der Waals surface area contributed by atoms with Crippen molar-refractivity contribution < 1.29 is 4.79 Å². The number of hydrogen-bond donors (Lipinski definition) is 2. The molecule has 0 aliphatic carbocycles. The summed E-state index contributed by atoms with van der Waals surface area (Å²) in [5.41, 5.74) is 3.69. The Morgan fingerprint density at radius 1 is 1.08 bits per heavy atom. The van der Waals surface area contributed by atoms with Crippen LogP contribution in [0, 0.1) is 0 Å². The zero-order valence-electron chi connectivity index (χ0n) is 14.1. The third kappa shape index (κ3) is 2.76. The lowest BCUT2D eigenvalue weighted by Gasteiger charge is -2.17. The summed E-state index contributed by atoms with van der Waals surface area (Å²) in [6.45, 7) is 3.79. The van der Waals surface area contributed by atoms with Crippen LogP contribution in [0.3, 0.4) is 0 Å². The van der Waals surface area contributed by atoms with E-state index in [2.05, 4.69) is 20.3 Å². The maximum atomic E-state index is 12.7. The molecule has 4 rings (SSSR count). The number of carbonyl (C=O) groups is 1. The van der Waals surface area contributed by atoms with Crippen molar-refractivity contribution in [3.8, 4) is 0 Å². The lowest BCUT2D eigenvalue weighted by Crippen LogP contribution is -2.33. The van der Waals surface area contributed by atoms with Crippen molar-refractivity contribution in [3.05, 3.63) is 60.7 Å². The minimum absolute atomic E-state index is 0.0730. The van der Waals surface area contributed by atoms with Gasteiger partial charge in [0.15, 0.2) is 0 Å². The first-order valence-corrected chi connectivity index (χ1v) is 8.30. The molecule has 0 aliphatic rings. The molecule has 6 nitrogen and oxygen atoms in total. The van der Waals surface area contributed by atoms with Gasteiger partial charge in [0, 0.05) is 0 Å². The molecular weight excluding hydrogens is 314 g/mol. The number of imidazole rings is 2. The first-order valence-electron chi connectivity index (χ1n) is 8.30. The number of para-hydroxylation sites is 4. The van der Waals surface area contributed by atoms with E-state index in [-0.39, 0.29) is 18.0 Å². The summed E-state index contributed by atoms with van der Waals surface area (Å²) in [7, 11) is 0. The molecule has 0 fully saturated rings. The average Bonchev–Trinajstić information content (AvgIpc) is 3.25. The molecule has 2 unspecified atom stereocenters. The fourth-order valence-electron chi connectivity index (χ4n) is 2.99. The van der Waals surface area contributed by atoms with E-state index < -0.39 is 0 Å². The van der Waals surface area contributed by atoms with Crippen molar-refractivity contribution in [1.82, 2.24) is 24.8 Å². The standard InChI is InChI=1S/C19H19N5O/c1-12(18-22-14-7-3-4-8-15(14)23-18)21-19(25)13(2)24-11-20-16-9-5-6-10-17(16)24/h3-13H,1-2H3,(H,21,25)(H,22,23). The molecule has 2 aromatic heterocycles. The lowest BCUT2D eigenvalue weighted by molar-refractivity contribution is -0.124. The van der Waals surface area contributed by atoms with E-state index in [4.69, 9.17) is 0 Å². The Bertz CT molecular complexity index is 1020. The van der Waals surface area contributed by atoms with Gasteiger partial charge >= 0.3 is 0 Å². The molecule has 0 saturated heterocycles. The van der Waals surface area contributed by atoms with Gasteiger partial charge in [-0.15, -0.1) is 0 Å². The van der Waals surface area contributed by atoms with E-state index in [0.717, 1.165) is 27.9 Å². The fraction of sp³-hybridized carbons (Fsp3) is 0.211. The van der Waals surface area contributed by atoms with Gasteiger partial charge in [0.2, 0.25) is 5.91 Å². The van der Waals surface area contributed by atoms with Gasteiger partial charge in [-0.2, -0.15) is 0 Å². The van der Waals surface area contributed by atoms with Crippen molar-refractivity contribution in [1.29, 1.82) is 0 Å². The number of hydrogen-bond acceptors (Lipinski definition) is 3. The molecule has 25 heavy (non-hydrogen) atoms. The molecular formula is C19H19N5O. The molecule has 2 N–H and O–H groups in total. The van der Waals surface area contributed by atoms with Crippen LogP contribution in [-0.2, 0) is 4.79 Å². The highest BCUT2D eigenvalue weighted by atomic mass is 16.2. The number of nitrogens with zero attached hydrogens (tertiary/aromatic N) is 3. The first-order chi connectivity index (χ1) is 12.1. The highest BCUT2D eigenvalue weighted by molar-refractivity contribution is 5.84. The molecule has 126 valence electrons. The molecule has 0 bridgehead atoms. The number of H-pyrrole nitrogens is 1. The van der Waals surface area contributed by atoms with Crippen LogP contribution in [0.5, 0.6) is 0 Å². The van der Waals surface area contributed by atoms with Gasteiger partial charge < -0.3 is 14.9 Å². The second-order valence-corrected chi connectivity index (χ2v) is 6.19. The minimum atomic E-state index is -0.362. The highest BCUT2D eigenvalue weighted by Gasteiger charge is 2.20. The summed E-state index contributed by atoms with van der Waals surface area (Å²) < 4.78 is 1.88. The van der Waals surface area contributed by atoms with Gasteiger partial charge in [0.05, 0.1) is 34.4 Å². The maximum Gasteiger partial charge on any atom is 0.243 e. The summed E-state index contributed by atoms with van der Waals surface area (Å²) in [4.78, 5) is 24.8. The monoisotopic (exact) mass is 333 g/mol. The largest absolute Gasteiger partial charge is 0.345 e. The first kappa shape index (κ1) is 15.4. The van der Waals surface area contributed by atoms with Crippen molar-refractivity contribution in [3.63, 3.8) is 0 Å². The number of benzene rings is 2. The Balaban J connectivity index is 1.54. The van der Waals surface area contributed by atoms with Crippen molar-refractivity contribution >= 4 is 28.0 Å². The molecule has 1 amide bonds. The third-order valence-corrected chi connectivity index (χ3v) is 4.45. The number of aromatic amines is 1. The van der Waals surface area contributed by atoms with Crippen molar-refractivity contribution in [2.45, 2.75) is 25.9 Å². The molecule has 0 saturated carbocycles. The Kier molecular flexibility index (Phi) is 3.72. The van der Waals surface area contributed by atoms with E-state index in [1.165, 1.54) is 0 Å². The van der Waals surface area contributed by atoms with Crippen LogP contribution in [0.1, 0.15) is 31.8 Å². The Labute approximate surface area is 144 Å². The van der Waals surface area contributed by atoms with Crippen molar-refractivity contribution in [2.24, 2.45) is 0 Å². The van der Waals surface area contributed by atoms with Gasteiger partial charge in [-0.05, 0) is 38.1 Å². The predicted molar refractivity (Wildman–Crippen MR) is 97.1 cm³/mol. The number of carbonyl (C=O) groups excluding carboxylic acids is 1. The topological polar surface area (TPSA) is 75.6 Å². The zero-order valence-corrected chi connectivity index (χ0v) is 14.1. The second kappa shape index (κ2) is 6.05. The van der Waals surface area contributed by atoms with E-state index in [0.29, 0.717) is 0 Å². The van der Waals surface area contributed by atoms with Gasteiger partial charge in [0.1, 0.15) is 11.9 Å². The number of fused-ring (bicyclic) bond motifs is 2. The van der Waals surface area contributed by atoms with Gasteiger partial charge in [-0.1, -0.05) is 24.3 Å². The summed E-state index contributed by atoms with van der Waals surface area (Å²) in [6.07, 6.45) is 1.71. The van der Waals surface area contributed by atoms with Gasteiger partial charge in [-0.3, -0.25) is 4.79 Å². The molecule has 4 aromatic rings. The number of amides is 1. The third-order valence-electron chi connectivity index (χ3n) is 4.45. The quantitative estimate of drug-likeness (QED) is 0.601. The van der Waals surface area contributed by atoms with Crippen LogP contribution >= 0.6 is 0 Å². The average molecular weight is 333 g/mol. The highest BCUT2D eigenvalue weighted by Crippen LogP contribution is 2.19. The van der Waals surface area contributed by atoms with Crippen LogP contribution in [0.2, 0.25) is 0 Å². The fourth-order valence-corrected chi connectivity index (χ4v) is 2.99. The summed E-state index contributed by atoms with van der Waals surface area (Å²) >= 11 is 0. The molecule has 2 atom stereocenters.